The van der Waals surface area contributed by atoms with E-state index >= 15 is 0 Å². The van der Waals surface area contributed by atoms with Crippen molar-refractivity contribution in [2.75, 3.05) is 16.8 Å². The predicted octanol–water partition coefficient (Wildman–Crippen LogP) is 4.68. The number of carbonyl (C=O) groups excluding carboxylic acids is 2. The summed E-state index contributed by atoms with van der Waals surface area (Å²) >= 11 is 11.8. The number of rotatable bonds is 3. The quantitative estimate of drug-likeness (QED) is 0.861. The summed E-state index contributed by atoms with van der Waals surface area (Å²) in [4.78, 5) is 26.0. The molecule has 0 unspecified atom stereocenters. The molecule has 3 rings (SSSR count). The zero-order chi connectivity index (χ0) is 17.3. The van der Waals surface area contributed by atoms with Gasteiger partial charge in [0.1, 0.15) is 0 Å². The molecule has 0 atom stereocenters. The number of anilines is 2. The van der Waals surface area contributed by atoms with Crippen LogP contribution in [-0.4, -0.2) is 18.4 Å². The Balaban J connectivity index is 1.78. The highest BCUT2D eigenvalue weighted by atomic mass is 35.5. The van der Waals surface area contributed by atoms with E-state index in [1.54, 1.807) is 23.1 Å². The van der Waals surface area contributed by atoms with Gasteiger partial charge < -0.3 is 10.2 Å². The van der Waals surface area contributed by atoms with Gasteiger partial charge in [-0.2, -0.15) is 0 Å². The Morgan fingerprint density at radius 2 is 1.92 bits per heavy atom. The summed E-state index contributed by atoms with van der Waals surface area (Å²) in [6, 6.07) is 10.3. The van der Waals surface area contributed by atoms with Gasteiger partial charge in [0.05, 0.1) is 10.0 Å². The van der Waals surface area contributed by atoms with Crippen LogP contribution in [0.5, 0.6) is 0 Å². The van der Waals surface area contributed by atoms with E-state index in [0.717, 1.165) is 24.2 Å². The van der Waals surface area contributed by atoms with Crippen molar-refractivity contribution in [1.29, 1.82) is 0 Å². The van der Waals surface area contributed by atoms with Crippen molar-refractivity contribution in [3.8, 4) is 0 Å². The molecule has 2 aromatic carbocycles. The molecule has 0 aromatic heterocycles. The molecule has 1 aliphatic rings. The minimum absolute atomic E-state index is 0.144. The van der Waals surface area contributed by atoms with Crippen molar-refractivity contribution in [3.05, 3.63) is 57.6 Å². The molecule has 0 spiro atoms. The third-order valence-electron chi connectivity index (χ3n) is 4.00. The van der Waals surface area contributed by atoms with E-state index in [2.05, 4.69) is 5.32 Å². The van der Waals surface area contributed by atoms with Gasteiger partial charge in [-0.3, -0.25) is 9.59 Å². The maximum absolute atomic E-state index is 12.3. The first-order valence-electron chi connectivity index (χ1n) is 7.63. The van der Waals surface area contributed by atoms with Crippen LogP contribution in [-0.2, 0) is 4.79 Å². The number of hydrogen-bond acceptors (Lipinski definition) is 2. The number of amides is 2. The molecule has 4 nitrogen and oxygen atoms in total. The zero-order valence-corrected chi connectivity index (χ0v) is 14.6. The molecule has 124 valence electrons. The Morgan fingerprint density at radius 3 is 2.54 bits per heavy atom. The lowest BCUT2D eigenvalue weighted by molar-refractivity contribution is -0.117. The molecule has 2 amide bonds. The average molecular weight is 363 g/mol. The third kappa shape index (κ3) is 3.40. The molecule has 1 saturated heterocycles. The van der Waals surface area contributed by atoms with E-state index in [1.165, 1.54) is 6.07 Å². The summed E-state index contributed by atoms with van der Waals surface area (Å²) in [5.41, 5.74) is 2.93. The largest absolute Gasteiger partial charge is 0.322 e. The van der Waals surface area contributed by atoms with Crippen molar-refractivity contribution in [1.82, 2.24) is 0 Å². The van der Waals surface area contributed by atoms with Crippen molar-refractivity contribution >= 4 is 46.4 Å². The van der Waals surface area contributed by atoms with E-state index in [4.69, 9.17) is 23.2 Å². The topological polar surface area (TPSA) is 49.4 Å². The Labute approximate surface area is 150 Å². The number of hydrogen-bond donors (Lipinski definition) is 1. The first-order chi connectivity index (χ1) is 11.5. The minimum atomic E-state index is -0.266. The zero-order valence-electron chi connectivity index (χ0n) is 13.1. The fraction of sp³-hybridized carbons (Fsp3) is 0.222. The molecule has 1 aliphatic heterocycles. The summed E-state index contributed by atoms with van der Waals surface area (Å²) in [5.74, 6) is -0.122. The molecule has 1 fully saturated rings. The number of benzene rings is 2. The monoisotopic (exact) mass is 362 g/mol. The van der Waals surface area contributed by atoms with Crippen molar-refractivity contribution < 1.29 is 9.59 Å². The Hall–Kier alpha value is -2.04. The second-order valence-corrected chi connectivity index (χ2v) is 6.55. The first kappa shape index (κ1) is 16.8. The predicted molar refractivity (Wildman–Crippen MR) is 97.2 cm³/mol. The third-order valence-corrected chi connectivity index (χ3v) is 4.74. The van der Waals surface area contributed by atoms with Gasteiger partial charge >= 0.3 is 0 Å². The highest BCUT2D eigenvalue weighted by molar-refractivity contribution is 6.42. The van der Waals surface area contributed by atoms with Gasteiger partial charge in [-0.1, -0.05) is 23.2 Å². The highest BCUT2D eigenvalue weighted by Gasteiger charge is 2.23. The molecule has 1 heterocycles. The van der Waals surface area contributed by atoms with Gasteiger partial charge in [0.15, 0.2) is 0 Å². The second-order valence-electron chi connectivity index (χ2n) is 5.73. The van der Waals surface area contributed by atoms with Crippen LogP contribution >= 0.6 is 23.2 Å². The van der Waals surface area contributed by atoms with Crippen LogP contribution in [0.3, 0.4) is 0 Å². The van der Waals surface area contributed by atoms with Gasteiger partial charge in [-0.05, 0) is 55.3 Å². The van der Waals surface area contributed by atoms with Gasteiger partial charge in [0, 0.05) is 29.9 Å². The molecule has 0 aliphatic carbocycles. The molecule has 1 N–H and O–H groups in total. The summed E-state index contributed by atoms with van der Waals surface area (Å²) in [6.45, 7) is 2.67. The number of nitrogens with zero attached hydrogens (tertiary/aromatic N) is 1. The SMILES string of the molecule is Cc1cc(NC(=O)c2ccc(Cl)c(Cl)c2)ccc1N1CCCC1=O. The first-order valence-corrected chi connectivity index (χ1v) is 8.39. The Kier molecular flexibility index (Phi) is 4.78. The number of aryl methyl sites for hydroxylation is 1. The van der Waals surface area contributed by atoms with Crippen molar-refractivity contribution in [2.45, 2.75) is 19.8 Å². The van der Waals surface area contributed by atoms with E-state index < -0.39 is 0 Å². The number of nitrogens with one attached hydrogen (secondary N) is 1. The van der Waals surface area contributed by atoms with Crippen LogP contribution in [0.25, 0.3) is 0 Å². The van der Waals surface area contributed by atoms with Crippen LogP contribution in [0.1, 0.15) is 28.8 Å². The van der Waals surface area contributed by atoms with Crippen LogP contribution in [0, 0.1) is 6.92 Å². The normalized spacial score (nSPS) is 14.1. The number of halogens is 2. The van der Waals surface area contributed by atoms with Crippen LogP contribution < -0.4 is 10.2 Å². The number of carbonyl (C=O) groups is 2. The molecule has 6 heteroatoms. The Bertz CT molecular complexity index is 821. The van der Waals surface area contributed by atoms with Gasteiger partial charge in [0.2, 0.25) is 5.91 Å². The van der Waals surface area contributed by atoms with E-state index in [9.17, 15) is 9.59 Å². The fourth-order valence-electron chi connectivity index (χ4n) is 2.78. The molecule has 0 saturated carbocycles. The summed E-state index contributed by atoms with van der Waals surface area (Å²) in [7, 11) is 0. The lowest BCUT2D eigenvalue weighted by Gasteiger charge is -2.19. The lowest BCUT2D eigenvalue weighted by atomic mass is 10.1. The van der Waals surface area contributed by atoms with E-state index in [-0.39, 0.29) is 11.8 Å². The minimum Gasteiger partial charge on any atom is -0.322 e. The summed E-state index contributed by atoms with van der Waals surface area (Å²) in [5, 5.41) is 3.57. The lowest BCUT2D eigenvalue weighted by Crippen LogP contribution is -2.24. The molecular formula is C18H16Cl2N2O2. The van der Waals surface area contributed by atoms with E-state index in [0.29, 0.717) is 27.7 Å². The molecular weight excluding hydrogens is 347 g/mol. The Morgan fingerprint density at radius 1 is 1.12 bits per heavy atom. The maximum Gasteiger partial charge on any atom is 0.255 e. The van der Waals surface area contributed by atoms with Crippen LogP contribution in [0.4, 0.5) is 11.4 Å². The maximum atomic E-state index is 12.3. The fourth-order valence-corrected chi connectivity index (χ4v) is 3.08. The van der Waals surface area contributed by atoms with Gasteiger partial charge in [-0.25, -0.2) is 0 Å². The average Bonchev–Trinajstić information content (AvgIpc) is 2.96. The van der Waals surface area contributed by atoms with Crippen LogP contribution in [0.15, 0.2) is 36.4 Å². The summed E-state index contributed by atoms with van der Waals surface area (Å²) in [6.07, 6.45) is 1.48. The second kappa shape index (κ2) is 6.83. The van der Waals surface area contributed by atoms with Gasteiger partial charge in [0.25, 0.3) is 5.91 Å². The van der Waals surface area contributed by atoms with Crippen molar-refractivity contribution in [2.24, 2.45) is 0 Å². The highest BCUT2D eigenvalue weighted by Crippen LogP contribution is 2.28. The van der Waals surface area contributed by atoms with E-state index in [1.807, 2.05) is 19.1 Å². The summed E-state index contributed by atoms with van der Waals surface area (Å²) < 4.78 is 0. The molecule has 2 aromatic rings. The smallest absolute Gasteiger partial charge is 0.255 e. The molecule has 0 bridgehead atoms. The molecule has 24 heavy (non-hydrogen) atoms. The standard InChI is InChI=1S/C18H16Cl2N2O2/c1-11-9-13(5-7-16(11)22-8-2-3-17(22)23)21-18(24)12-4-6-14(19)15(20)10-12/h4-7,9-10H,2-3,8H2,1H3,(H,21,24). The van der Waals surface area contributed by atoms with Crippen LogP contribution in [0.2, 0.25) is 10.0 Å². The van der Waals surface area contributed by atoms with Crippen molar-refractivity contribution in [3.63, 3.8) is 0 Å². The molecule has 0 radical (unpaired) electrons. The van der Waals surface area contributed by atoms with Gasteiger partial charge in [-0.15, -0.1) is 0 Å².